The van der Waals surface area contributed by atoms with Crippen molar-refractivity contribution in [3.8, 4) is 0 Å². The molecular weight excluding hydrogens is 160 g/mol. The lowest BCUT2D eigenvalue weighted by Crippen LogP contribution is -2.28. The summed E-state index contributed by atoms with van der Waals surface area (Å²) in [5.41, 5.74) is 5.71. The van der Waals surface area contributed by atoms with Crippen molar-refractivity contribution in [2.24, 2.45) is 5.73 Å². The molecule has 0 aromatic carbocycles. The average molecular weight is 182 g/mol. The first-order valence-electron chi connectivity index (χ1n) is 5.34. The fraction of sp³-hybridized carbons (Fsp3) is 0.818. The molecule has 1 aliphatic carbocycles. The van der Waals surface area contributed by atoms with Crippen LogP contribution in [0.2, 0.25) is 0 Å². The molecule has 0 radical (unpaired) electrons. The third-order valence-corrected chi connectivity index (χ3v) is 2.53. The molecule has 0 aliphatic heterocycles. The van der Waals surface area contributed by atoms with Crippen LogP contribution in [-0.2, 0) is 0 Å². The highest BCUT2D eigenvalue weighted by atomic mass is 15.2. The first kappa shape index (κ1) is 10.7. The van der Waals surface area contributed by atoms with Gasteiger partial charge in [-0.3, -0.25) is 4.90 Å². The van der Waals surface area contributed by atoms with Gasteiger partial charge in [-0.1, -0.05) is 6.08 Å². The van der Waals surface area contributed by atoms with E-state index in [1.165, 1.54) is 25.8 Å². The molecule has 0 spiro atoms. The molecule has 1 unspecified atom stereocenters. The predicted molar refractivity (Wildman–Crippen MR) is 57.7 cm³/mol. The molecule has 0 bridgehead atoms. The minimum Gasteiger partial charge on any atom is -0.328 e. The molecule has 0 heterocycles. The molecule has 2 heteroatoms. The number of hydrogen-bond donors (Lipinski definition) is 1. The number of hydrogen-bond acceptors (Lipinski definition) is 2. The molecule has 1 rings (SSSR count). The first-order chi connectivity index (χ1) is 6.24. The molecule has 1 saturated carbocycles. The van der Waals surface area contributed by atoms with Gasteiger partial charge in [-0.15, -0.1) is 6.58 Å². The molecule has 2 N–H and O–H groups in total. The Kier molecular flexibility index (Phi) is 4.46. The Labute approximate surface area is 81.8 Å². The van der Waals surface area contributed by atoms with Gasteiger partial charge in [-0.2, -0.15) is 0 Å². The Morgan fingerprint density at radius 3 is 2.77 bits per heavy atom. The van der Waals surface area contributed by atoms with Crippen molar-refractivity contribution in [2.75, 3.05) is 13.1 Å². The summed E-state index contributed by atoms with van der Waals surface area (Å²) in [5.74, 6) is 0. The van der Waals surface area contributed by atoms with Crippen molar-refractivity contribution in [3.05, 3.63) is 12.7 Å². The fourth-order valence-corrected chi connectivity index (χ4v) is 1.64. The second kappa shape index (κ2) is 5.40. The largest absolute Gasteiger partial charge is 0.328 e. The zero-order valence-electron chi connectivity index (χ0n) is 8.71. The van der Waals surface area contributed by atoms with Gasteiger partial charge in [0.15, 0.2) is 0 Å². The van der Waals surface area contributed by atoms with Crippen molar-refractivity contribution >= 4 is 0 Å². The van der Waals surface area contributed by atoms with Crippen LogP contribution in [0.1, 0.15) is 32.6 Å². The maximum absolute atomic E-state index is 5.71. The van der Waals surface area contributed by atoms with Crippen LogP contribution in [0.4, 0.5) is 0 Å². The Morgan fingerprint density at radius 1 is 1.62 bits per heavy atom. The first-order valence-corrected chi connectivity index (χ1v) is 5.34. The van der Waals surface area contributed by atoms with Crippen LogP contribution < -0.4 is 5.73 Å². The third kappa shape index (κ3) is 4.44. The summed E-state index contributed by atoms with van der Waals surface area (Å²) in [5, 5.41) is 0. The minimum atomic E-state index is 0.352. The van der Waals surface area contributed by atoms with Crippen LogP contribution in [0.25, 0.3) is 0 Å². The monoisotopic (exact) mass is 182 g/mol. The summed E-state index contributed by atoms with van der Waals surface area (Å²) >= 11 is 0. The predicted octanol–water partition coefficient (Wildman–Crippen LogP) is 1.76. The zero-order valence-corrected chi connectivity index (χ0v) is 8.71. The number of nitrogens with zero attached hydrogens (tertiary/aromatic N) is 1. The van der Waals surface area contributed by atoms with E-state index in [1.807, 2.05) is 6.08 Å². The highest BCUT2D eigenvalue weighted by Gasteiger charge is 2.27. The molecule has 2 nitrogen and oxygen atoms in total. The molecule has 0 aromatic rings. The van der Waals surface area contributed by atoms with Gasteiger partial charge >= 0.3 is 0 Å². The summed E-state index contributed by atoms with van der Waals surface area (Å²) < 4.78 is 0. The van der Waals surface area contributed by atoms with E-state index in [2.05, 4.69) is 18.4 Å². The number of nitrogens with two attached hydrogens (primary N) is 1. The van der Waals surface area contributed by atoms with Crippen molar-refractivity contribution < 1.29 is 0 Å². The van der Waals surface area contributed by atoms with Crippen LogP contribution in [0, 0.1) is 0 Å². The van der Waals surface area contributed by atoms with Gasteiger partial charge < -0.3 is 5.73 Å². The van der Waals surface area contributed by atoms with Crippen LogP contribution in [-0.4, -0.2) is 30.1 Å². The van der Waals surface area contributed by atoms with Gasteiger partial charge in [0.1, 0.15) is 0 Å². The van der Waals surface area contributed by atoms with E-state index in [0.717, 1.165) is 19.0 Å². The van der Waals surface area contributed by atoms with Crippen LogP contribution in [0.5, 0.6) is 0 Å². The zero-order chi connectivity index (χ0) is 9.68. The summed E-state index contributed by atoms with van der Waals surface area (Å²) in [7, 11) is 0. The average Bonchev–Trinajstić information content (AvgIpc) is 2.84. The Morgan fingerprint density at radius 2 is 2.31 bits per heavy atom. The van der Waals surface area contributed by atoms with Gasteiger partial charge in [0.25, 0.3) is 0 Å². The van der Waals surface area contributed by atoms with Crippen LogP contribution >= 0.6 is 0 Å². The van der Waals surface area contributed by atoms with E-state index >= 15 is 0 Å². The standard InChI is InChI=1S/C11H22N2/c1-3-8-13(11-6-7-11)9-4-5-10(2)12/h3,10-11H,1,4-9,12H2,2H3. The molecule has 1 aliphatic rings. The Hall–Kier alpha value is -0.340. The molecular formula is C11H22N2. The topological polar surface area (TPSA) is 29.3 Å². The molecule has 1 atom stereocenters. The fourth-order valence-electron chi connectivity index (χ4n) is 1.64. The highest BCUT2D eigenvalue weighted by molar-refractivity contribution is 4.88. The number of rotatable bonds is 7. The van der Waals surface area contributed by atoms with Gasteiger partial charge in [0.2, 0.25) is 0 Å². The maximum Gasteiger partial charge on any atom is 0.0163 e. The minimum absolute atomic E-state index is 0.352. The Bertz CT molecular complexity index is 150. The van der Waals surface area contributed by atoms with Gasteiger partial charge in [0, 0.05) is 18.6 Å². The summed E-state index contributed by atoms with van der Waals surface area (Å²) in [6.07, 6.45) is 7.13. The molecule has 0 amide bonds. The second-order valence-electron chi connectivity index (χ2n) is 4.13. The van der Waals surface area contributed by atoms with Gasteiger partial charge in [-0.05, 0) is 39.2 Å². The van der Waals surface area contributed by atoms with E-state index in [1.54, 1.807) is 0 Å². The lowest BCUT2D eigenvalue weighted by atomic mass is 10.2. The smallest absolute Gasteiger partial charge is 0.0163 e. The lowest BCUT2D eigenvalue weighted by Gasteiger charge is -2.20. The van der Waals surface area contributed by atoms with E-state index in [4.69, 9.17) is 5.73 Å². The van der Waals surface area contributed by atoms with Crippen molar-refractivity contribution in [3.63, 3.8) is 0 Å². The highest BCUT2D eigenvalue weighted by Crippen LogP contribution is 2.26. The van der Waals surface area contributed by atoms with Crippen molar-refractivity contribution in [1.29, 1.82) is 0 Å². The molecule has 13 heavy (non-hydrogen) atoms. The summed E-state index contributed by atoms with van der Waals surface area (Å²) in [6, 6.07) is 1.20. The SMILES string of the molecule is C=CCN(CCCC(C)N)C1CC1. The van der Waals surface area contributed by atoms with Crippen LogP contribution in [0.15, 0.2) is 12.7 Å². The molecule has 0 saturated heterocycles. The molecule has 0 aromatic heterocycles. The van der Waals surface area contributed by atoms with Gasteiger partial charge in [-0.25, -0.2) is 0 Å². The van der Waals surface area contributed by atoms with E-state index in [9.17, 15) is 0 Å². The van der Waals surface area contributed by atoms with Crippen molar-refractivity contribution in [1.82, 2.24) is 4.90 Å². The summed E-state index contributed by atoms with van der Waals surface area (Å²) in [4.78, 5) is 2.52. The maximum atomic E-state index is 5.71. The normalized spacial score (nSPS) is 19.0. The van der Waals surface area contributed by atoms with Crippen LogP contribution in [0.3, 0.4) is 0 Å². The van der Waals surface area contributed by atoms with E-state index in [0.29, 0.717) is 6.04 Å². The van der Waals surface area contributed by atoms with Crippen molar-refractivity contribution in [2.45, 2.75) is 44.7 Å². The molecule has 1 fully saturated rings. The second-order valence-corrected chi connectivity index (χ2v) is 4.13. The summed E-state index contributed by atoms with van der Waals surface area (Å²) in [6.45, 7) is 8.10. The Balaban J connectivity index is 2.10. The van der Waals surface area contributed by atoms with Gasteiger partial charge in [0.05, 0.1) is 0 Å². The quantitative estimate of drug-likeness (QED) is 0.608. The van der Waals surface area contributed by atoms with E-state index < -0.39 is 0 Å². The lowest BCUT2D eigenvalue weighted by molar-refractivity contribution is 0.283. The third-order valence-electron chi connectivity index (χ3n) is 2.53. The van der Waals surface area contributed by atoms with E-state index in [-0.39, 0.29) is 0 Å². The molecule has 76 valence electrons.